The van der Waals surface area contributed by atoms with Crippen molar-refractivity contribution in [2.24, 2.45) is 0 Å². The first-order chi connectivity index (χ1) is 9.58. The number of carboxylic acid groups (broad SMARTS) is 1. The number of para-hydroxylation sites is 1. The zero-order valence-electron chi connectivity index (χ0n) is 10.5. The molecule has 0 aliphatic rings. The number of nitriles is 1. The molecule has 0 amide bonds. The number of pyridine rings is 1. The second-order valence-corrected chi connectivity index (χ2v) is 3.90. The van der Waals surface area contributed by atoms with Gasteiger partial charge in [-0.25, -0.2) is 4.79 Å². The maximum Gasteiger partial charge on any atom is 0.337 e. The molecule has 0 saturated carbocycles. The molecule has 0 radical (unpaired) electrons. The number of hydrogen-bond donors (Lipinski definition) is 1. The fourth-order valence-corrected chi connectivity index (χ4v) is 1.81. The van der Waals surface area contributed by atoms with Crippen LogP contribution in [0, 0.1) is 11.3 Å². The van der Waals surface area contributed by atoms with Crippen LogP contribution in [0.5, 0.6) is 5.75 Å². The van der Waals surface area contributed by atoms with Crippen LogP contribution >= 0.6 is 0 Å². The lowest BCUT2D eigenvalue weighted by atomic mass is 10.1. The summed E-state index contributed by atoms with van der Waals surface area (Å²) in [5, 5.41) is 18.1. The number of aromatic nitrogens is 1. The molecule has 0 spiro atoms. The number of ether oxygens (including phenoxy) is 1. The Balaban J connectivity index is 2.81. The Labute approximate surface area is 114 Å². The quantitative estimate of drug-likeness (QED) is 0.910. The third kappa shape index (κ3) is 2.24. The molecule has 0 unspecified atom stereocenters. The largest absolute Gasteiger partial charge is 0.495 e. The Morgan fingerprint density at radius 1 is 1.35 bits per heavy atom. The maximum atomic E-state index is 11.9. The lowest BCUT2D eigenvalue weighted by molar-refractivity contribution is 0.0696. The second-order valence-electron chi connectivity index (χ2n) is 3.90. The minimum atomic E-state index is -1.16. The molecule has 2 rings (SSSR count). The van der Waals surface area contributed by atoms with Crippen LogP contribution in [0.2, 0.25) is 0 Å². The van der Waals surface area contributed by atoms with Gasteiger partial charge in [0.15, 0.2) is 0 Å². The Morgan fingerprint density at radius 3 is 2.70 bits per heavy atom. The summed E-state index contributed by atoms with van der Waals surface area (Å²) in [7, 11) is 1.41. The van der Waals surface area contributed by atoms with E-state index in [1.54, 1.807) is 12.1 Å². The van der Waals surface area contributed by atoms with Crippen molar-refractivity contribution in [1.29, 1.82) is 5.26 Å². The summed E-state index contributed by atoms with van der Waals surface area (Å²) in [6, 6.07) is 9.04. The van der Waals surface area contributed by atoms with Crippen LogP contribution in [-0.4, -0.2) is 22.8 Å². The molecule has 1 heterocycles. The number of rotatable bonds is 3. The van der Waals surface area contributed by atoms with E-state index in [0.717, 1.165) is 10.6 Å². The Hall–Kier alpha value is -3.07. The molecule has 0 saturated heterocycles. The SMILES string of the molecule is COc1cccc(C#N)c1-n1cc(C(=O)O)ccc1=O. The van der Waals surface area contributed by atoms with Gasteiger partial charge in [-0.05, 0) is 18.2 Å². The van der Waals surface area contributed by atoms with Crippen LogP contribution in [0.3, 0.4) is 0 Å². The van der Waals surface area contributed by atoms with Gasteiger partial charge in [-0.1, -0.05) is 6.07 Å². The molecular formula is C14H10N2O4. The standard InChI is InChI=1S/C14H10N2O4/c1-20-11-4-2-3-9(7-15)13(11)16-8-10(14(18)19)5-6-12(16)17/h2-6,8H,1H3,(H,18,19). The number of carboxylic acids is 1. The van der Waals surface area contributed by atoms with Crippen LogP contribution in [-0.2, 0) is 0 Å². The van der Waals surface area contributed by atoms with E-state index in [-0.39, 0.29) is 16.8 Å². The molecular weight excluding hydrogens is 260 g/mol. The van der Waals surface area contributed by atoms with Gasteiger partial charge in [-0.2, -0.15) is 5.26 Å². The Bertz CT molecular complexity index is 771. The van der Waals surface area contributed by atoms with E-state index in [0.29, 0.717) is 5.75 Å². The average Bonchev–Trinajstić information content (AvgIpc) is 2.46. The van der Waals surface area contributed by atoms with Gasteiger partial charge in [0, 0.05) is 12.3 Å². The van der Waals surface area contributed by atoms with Crippen molar-refractivity contribution in [3.05, 3.63) is 58.0 Å². The highest BCUT2D eigenvalue weighted by Crippen LogP contribution is 2.25. The van der Waals surface area contributed by atoms with Gasteiger partial charge < -0.3 is 9.84 Å². The lowest BCUT2D eigenvalue weighted by Crippen LogP contribution is -2.20. The molecule has 0 aliphatic carbocycles. The molecule has 2 aromatic rings. The summed E-state index contributed by atoms with van der Waals surface area (Å²) in [6.45, 7) is 0. The molecule has 1 aromatic carbocycles. The highest BCUT2D eigenvalue weighted by molar-refractivity contribution is 5.87. The predicted octanol–water partition coefficient (Wildman–Crippen LogP) is 1.42. The molecule has 6 heteroatoms. The molecule has 0 bridgehead atoms. The second kappa shape index (κ2) is 5.28. The van der Waals surface area contributed by atoms with Crippen LogP contribution in [0.1, 0.15) is 15.9 Å². The lowest BCUT2D eigenvalue weighted by Gasteiger charge is -2.12. The van der Waals surface area contributed by atoms with Gasteiger partial charge in [0.2, 0.25) is 0 Å². The van der Waals surface area contributed by atoms with E-state index < -0.39 is 11.5 Å². The summed E-state index contributed by atoms with van der Waals surface area (Å²) < 4.78 is 6.24. The summed E-state index contributed by atoms with van der Waals surface area (Å²) in [5.41, 5.74) is -0.0602. The number of nitrogens with zero attached hydrogens (tertiary/aromatic N) is 2. The molecule has 20 heavy (non-hydrogen) atoms. The van der Waals surface area contributed by atoms with Crippen molar-refractivity contribution in [2.45, 2.75) is 0 Å². The minimum absolute atomic E-state index is 0.0561. The zero-order chi connectivity index (χ0) is 14.7. The van der Waals surface area contributed by atoms with Crippen LogP contribution in [0.4, 0.5) is 0 Å². The first-order valence-corrected chi connectivity index (χ1v) is 5.62. The molecule has 0 fully saturated rings. The van der Waals surface area contributed by atoms with E-state index in [1.165, 1.54) is 25.4 Å². The molecule has 1 N–H and O–H groups in total. The predicted molar refractivity (Wildman–Crippen MR) is 70.3 cm³/mol. The van der Waals surface area contributed by atoms with Crippen molar-refractivity contribution < 1.29 is 14.6 Å². The van der Waals surface area contributed by atoms with Crippen molar-refractivity contribution in [3.8, 4) is 17.5 Å². The van der Waals surface area contributed by atoms with Crippen LogP contribution < -0.4 is 10.3 Å². The Kier molecular flexibility index (Phi) is 3.53. The van der Waals surface area contributed by atoms with Gasteiger partial charge in [-0.3, -0.25) is 9.36 Å². The van der Waals surface area contributed by atoms with E-state index in [4.69, 9.17) is 15.1 Å². The summed E-state index contributed by atoms with van der Waals surface area (Å²) >= 11 is 0. The Morgan fingerprint density at radius 2 is 2.10 bits per heavy atom. The van der Waals surface area contributed by atoms with Crippen molar-refractivity contribution in [3.63, 3.8) is 0 Å². The molecule has 1 aromatic heterocycles. The fourth-order valence-electron chi connectivity index (χ4n) is 1.81. The van der Waals surface area contributed by atoms with Gasteiger partial charge in [0.1, 0.15) is 17.5 Å². The molecule has 0 atom stereocenters. The van der Waals surface area contributed by atoms with E-state index in [9.17, 15) is 9.59 Å². The smallest absolute Gasteiger partial charge is 0.337 e. The fraction of sp³-hybridized carbons (Fsp3) is 0.0714. The van der Waals surface area contributed by atoms with Crippen molar-refractivity contribution in [1.82, 2.24) is 4.57 Å². The topological polar surface area (TPSA) is 92.3 Å². The van der Waals surface area contributed by atoms with Gasteiger partial charge in [0.05, 0.1) is 18.2 Å². The van der Waals surface area contributed by atoms with E-state index >= 15 is 0 Å². The number of carbonyl (C=O) groups is 1. The van der Waals surface area contributed by atoms with Gasteiger partial charge >= 0.3 is 5.97 Å². The number of benzene rings is 1. The number of methoxy groups -OCH3 is 1. The van der Waals surface area contributed by atoms with Crippen LogP contribution in [0.15, 0.2) is 41.3 Å². The summed E-state index contributed by atoms with van der Waals surface area (Å²) in [4.78, 5) is 22.9. The summed E-state index contributed by atoms with van der Waals surface area (Å²) in [6.07, 6.45) is 1.17. The normalized spacial score (nSPS) is 9.80. The highest BCUT2D eigenvalue weighted by Gasteiger charge is 2.14. The number of hydrogen-bond acceptors (Lipinski definition) is 4. The monoisotopic (exact) mass is 270 g/mol. The van der Waals surface area contributed by atoms with Crippen molar-refractivity contribution in [2.75, 3.05) is 7.11 Å². The third-order valence-corrected chi connectivity index (χ3v) is 2.74. The zero-order valence-corrected chi connectivity index (χ0v) is 10.5. The molecule has 6 nitrogen and oxygen atoms in total. The number of aromatic carboxylic acids is 1. The first kappa shape index (κ1) is 13.4. The third-order valence-electron chi connectivity index (χ3n) is 2.74. The first-order valence-electron chi connectivity index (χ1n) is 5.62. The maximum absolute atomic E-state index is 11.9. The molecule has 100 valence electrons. The van der Waals surface area contributed by atoms with E-state index in [2.05, 4.69) is 0 Å². The minimum Gasteiger partial charge on any atom is -0.495 e. The van der Waals surface area contributed by atoms with Gasteiger partial charge in [0.25, 0.3) is 5.56 Å². The average molecular weight is 270 g/mol. The molecule has 0 aliphatic heterocycles. The van der Waals surface area contributed by atoms with Gasteiger partial charge in [-0.15, -0.1) is 0 Å². The van der Waals surface area contributed by atoms with Crippen LogP contribution in [0.25, 0.3) is 5.69 Å². The van der Waals surface area contributed by atoms with Crippen molar-refractivity contribution >= 4 is 5.97 Å². The summed E-state index contributed by atoms with van der Waals surface area (Å²) in [5.74, 6) is -0.846. The highest BCUT2D eigenvalue weighted by atomic mass is 16.5. The van der Waals surface area contributed by atoms with E-state index in [1.807, 2.05) is 6.07 Å².